The van der Waals surface area contributed by atoms with Crippen molar-refractivity contribution in [1.29, 1.82) is 0 Å². The van der Waals surface area contributed by atoms with Gasteiger partial charge in [0.25, 0.3) is 0 Å². The maximum absolute atomic E-state index is 12.3. The molecule has 1 rings (SSSR count). The van der Waals surface area contributed by atoms with Gasteiger partial charge < -0.3 is 20.1 Å². The Kier molecular flexibility index (Phi) is 6.68. The molecule has 0 aliphatic rings. The number of rotatable bonds is 6. The minimum Gasteiger partial charge on any atom is -0.491 e. The number of carbonyl (C=O) groups is 1. The molecular formula is C15H21F3N2O3. The van der Waals surface area contributed by atoms with Crippen molar-refractivity contribution in [3.05, 3.63) is 23.8 Å². The molecule has 0 aliphatic carbocycles. The summed E-state index contributed by atoms with van der Waals surface area (Å²) in [7, 11) is 1.17. The Bertz CT molecular complexity index is 535. The molecule has 2 amide bonds. The number of aliphatic hydroxyl groups excluding tert-OH is 1. The molecule has 1 aromatic rings. The summed E-state index contributed by atoms with van der Waals surface area (Å²) in [4.78, 5) is 12.7. The highest BCUT2D eigenvalue weighted by molar-refractivity contribution is 5.90. The van der Waals surface area contributed by atoms with Gasteiger partial charge in [0.15, 0.2) is 6.10 Å². The number of hydrogen-bond donors (Lipinski definition) is 2. The zero-order chi connectivity index (χ0) is 17.6. The number of ether oxygens (including phenoxy) is 1. The number of benzene rings is 1. The zero-order valence-corrected chi connectivity index (χ0v) is 13.3. The lowest BCUT2D eigenvalue weighted by Gasteiger charge is -2.23. The Morgan fingerprint density at radius 2 is 2.09 bits per heavy atom. The van der Waals surface area contributed by atoms with Gasteiger partial charge in [0.05, 0.1) is 18.8 Å². The second-order valence-electron chi connectivity index (χ2n) is 5.22. The first-order valence-electron chi connectivity index (χ1n) is 7.15. The van der Waals surface area contributed by atoms with E-state index in [-0.39, 0.29) is 0 Å². The van der Waals surface area contributed by atoms with Gasteiger partial charge >= 0.3 is 12.2 Å². The van der Waals surface area contributed by atoms with Crippen LogP contribution in [-0.4, -0.2) is 48.5 Å². The molecule has 0 heterocycles. The number of aryl methyl sites for hydroxylation is 1. The normalized spacial score (nSPS) is 12.7. The molecule has 0 radical (unpaired) electrons. The summed E-state index contributed by atoms with van der Waals surface area (Å²) >= 11 is 0. The minimum atomic E-state index is -4.77. The predicted molar refractivity (Wildman–Crippen MR) is 80.7 cm³/mol. The number of aliphatic hydroxyl groups is 1. The van der Waals surface area contributed by atoms with Crippen molar-refractivity contribution in [1.82, 2.24) is 4.90 Å². The summed E-state index contributed by atoms with van der Waals surface area (Å²) in [6.07, 6.45) is -6.58. The van der Waals surface area contributed by atoms with Gasteiger partial charge in [0, 0.05) is 7.05 Å². The van der Waals surface area contributed by atoms with Crippen molar-refractivity contribution >= 4 is 11.7 Å². The van der Waals surface area contributed by atoms with E-state index in [2.05, 4.69) is 5.32 Å². The number of nitrogens with zero attached hydrogens (tertiary/aromatic N) is 1. The summed E-state index contributed by atoms with van der Waals surface area (Å²) in [6, 6.07) is 4.33. The topological polar surface area (TPSA) is 61.8 Å². The van der Waals surface area contributed by atoms with Crippen molar-refractivity contribution in [2.75, 3.05) is 25.5 Å². The SMILES string of the molecule is CCCOc1cc(C)ccc1NC(=O)N(C)CC(O)C(F)(F)F. The molecule has 1 atom stereocenters. The number of likely N-dealkylation sites (N-methyl/N-ethyl adjacent to an activating group) is 1. The van der Waals surface area contributed by atoms with Crippen molar-refractivity contribution in [2.45, 2.75) is 32.5 Å². The van der Waals surface area contributed by atoms with E-state index in [0.29, 0.717) is 18.0 Å². The van der Waals surface area contributed by atoms with Crippen LogP contribution in [0.5, 0.6) is 5.75 Å². The van der Waals surface area contributed by atoms with Gasteiger partial charge in [-0.2, -0.15) is 13.2 Å². The highest BCUT2D eigenvalue weighted by Gasteiger charge is 2.39. The van der Waals surface area contributed by atoms with E-state index in [0.717, 1.165) is 16.9 Å². The molecule has 0 saturated carbocycles. The molecule has 23 heavy (non-hydrogen) atoms. The first-order chi connectivity index (χ1) is 10.6. The van der Waals surface area contributed by atoms with Crippen LogP contribution >= 0.6 is 0 Å². The lowest BCUT2D eigenvalue weighted by Crippen LogP contribution is -2.43. The second-order valence-corrected chi connectivity index (χ2v) is 5.22. The maximum atomic E-state index is 12.3. The summed E-state index contributed by atoms with van der Waals surface area (Å²) in [5, 5.41) is 11.5. The summed E-state index contributed by atoms with van der Waals surface area (Å²) in [6.45, 7) is 3.39. The average molecular weight is 334 g/mol. The van der Waals surface area contributed by atoms with E-state index in [1.165, 1.54) is 7.05 Å². The smallest absolute Gasteiger partial charge is 0.416 e. The third-order valence-corrected chi connectivity index (χ3v) is 3.01. The molecule has 2 N–H and O–H groups in total. The molecule has 130 valence electrons. The minimum absolute atomic E-state index is 0.363. The van der Waals surface area contributed by atoms with Crippen molar-refractivity contribution in [2.24, 2.45) is 0 Å². The van der Waals surface area contributed by atoms with Gasteiger partial charge in [-0.1, -0.05) is 13.0 Å². The van der Waals surface area contributed by atoms with E-state index >= 15 is 0 Å². The molecule has 1 aromatic carbocycles. The molecular weight excluding hydrogens is 313 g/mol. The van der Waals surface area contributed by atoms with Crippen LogP contribution in [-0.2, 0) is 0 Å². The van der Waals surface area contributed by atoms with Crippen LogP contribution < -0.4 is 10.1 Å². The number of halogens is 3. The lowest BCUT2D eigenvalue weighted by atomic mass is 10.2. The Hall–Kier alpha value is -1.96. The van der Waals surface area contributed by atoms with Gasteiger partial charge in [0.2, 0.25) is 0 Å². The molecule has 0 aliphatic heterocycles. The van der Waals surface area contributed by atoms with E-state index < -0.39 is 24.9 Å². The Morgan fingerprint density at radius 3 is 2.65 bits per heavy atom. The molecule has 0 aromatic heterocycles. The van der Waals surface area contributed by atoms with Gasteiger partial charge in [-0.25, -0.2) is 4.79 Å². The van der Waals surface area contributed by atoms with E-state index in [1.807, 2.05) is 13.8 Å². The highest BCUT2D eigenvalue weighted by Crippen LogP contribution is 2.26. The molecule has 8 heteroatoms. The fraction of sp³-hybridized carbons (Fsp3) is 0.533. The van der Waals surface area contributed by atoms with Crippen LogP contribution in [0.4, 0.5) is 23.7 Å². The number of anilines is 1. The standard InChI is InChI=1S/C15H21F3N2O3/c1-4-7-23-12-8-10(2)5-6-11(12)19-14(22)20(3)9-13(21)15(16,17)18/h5-6,8,13,21H,4,7,9H2,1-3H3,(H,19,22). The number of alkyl halides is 3. The number of carbonyl (C=O) groups excluding carboxylic acids is 1. The van der Waals surface area contributed by atoms with Crippen LogP contribution in [0.2, 0.25) is 0 Å². The van der Waals surface area contributed by atoms with Crippen LogP contribution in [0.15, 0.2) is 18.2 Å². The average Bonchev–Trinajstić information content (AvgIpc) is 2.46. The summed E-state index contributed by atoms with van der Waals surface area (Å²) in [5.74, 6) is 0.449. The van der Waals surface area contributed by atoms with E-state index in [4.69, 9.17) is 9.84 Å². The Morgan fingerprint density at radius 1 is 1.43 bits per heavy atom. The number of hydrogen-bond acceptors (Lipinski definition) is 3. The number of urea groups is 1. The largest absolute Gasteiger partial charge is 0.491 e. The van der Waals surface area contributed by atoms with Gasteiger partial charge in [-0.3, -0.25) is 0 Å². The molecule has 0 spiro atoms. The van der Waals surface area contributed by atoms with Crippen LogP contribution in [0.25, 0.3) is 0 Å². The Labute approximate surface area is 133 Å². The Balaban J connectivity index is 2.76. The quantitative estimate of drug-likeness (QED) is 0.840. The first kappa shape index (κ1) is 19.1. The fourth-order valence-corrected chi connectivity index (χ4v) is 1.72. The van der Waals surface area contributed by atoms with Crippen LogP contribution in [0, 0.1) is 6.92 Å². The molecule has 0 bridgehead atoms. The third kappa shape index (κ3) is 5.97. The second kappa shape index (κ2) is 8.05. The number of amides is 2. The van der Waals surface area contributed by atoms with Crippen molar-refractivity contribution < 1.29 is 27.8 Å². The van der Waals surface area contributed by atoms with E-state index in [9.17, 15) is 18.0 Å². The van der Waals surface area contributed by atoms with Crippen molar-refractivity contribution in [3.8, 4) is 5.75 Å². The molecule has 1 unspecified atom stereocenters. The van der Waals surface area contributed by atoms with Crippen molar-refractivity contribution in [3.63, 3.8) is 0 Å². The first-order valence-corrected chi connectivity index (χ1v) is 7.15. The van der Waals surface area contributed by atoms with Crippen LogP contribution in [0.1, 0.15) is 18.9 Å². The maximum Gasteiger partial charge on any atom is 0.416 e. The monoisotopic (exact) mass is 334 g/mol. The van der Waals surface area contributed by atoms with E-state index in [1.54, 1.807) is 18.2 Å². The summed E-state index contributed by atoms with van der Waals surface area (Å²) in [5.41, 5.74) is 1.29. The van der Waals surface area contributed by atoms with Gasteiger partial charge in [-0.05, 0) is 31.0 Å². The lowest BCUT2D eigenvalue weighted by molar-refractivity contribution is -0.205. The summed E-state index contributed by atoms with van der Waals surface area (Å²) < 4.78 is 42.5. The van der Waals surface area contributed by atoms with Crippen LogP contribution in [0.3, 0.4) is 0 Å². The zero-order valence-electron chi connectivity index (χ0n) is 13.3. The molecule has 0 saturated heterocycles. The third-order valence-electron chi connectivity index (χ3n) is 3.01. The molecule has 0 fully saturated rings. The molecule has 5 nitrogen and oxygen atoms in total. The van der Waals surface area contributed by atoms with Gasteiger partial charge in [0.1, 0.15) is 5.75 Å². The van der Waals surface area contributed by atoms with Gasteiger partial charge in [-0.15, -0.1) is 0 Å². The predicted octanol–water partition coefficient (Wildman–Crippen LogP) is 3.17. The number of nitrogens with one attached hydrogen (secondary N) is 1. The fourth-order valence-electron chi connectivity index (χ4n) is 1.72. The highest BCUT2D eigenvalue weighted by atomic mass is 19.4.